The van der Waals surface area contributed by atoms with Gasteiger partial charge in [-0.25, -0.2) is 0 Å². The van der Waals surface area contributed by atoms with E-state index in [0.717, 1.165) is 23.1 Å². The number of allylic oxidation sites excluding steroid dienone is 4. The average Bonchev–Trinajstić information content (AvgIpc) is 2.71. The molecular formula is C25H27ClN2O. The van der Waals surface area contributed by atoms with Crippen molar-refractivity contribution in [3.05, 3.63) is 94.5 Å². The second-order valence-electron chi connectivity index (χ2n) is 6.94. The fourth-order valence-corrected chi connectivity index (χ4v) is 3.00. The highest BCUT2D eigenvalue weighted by atomic mass is 35.5. The maximum Gasteiger partial charge on any atom is 0.249 e. The Morgan fingerprint density at radius 2 is 1.76 bits per heavy atom. The molecule has 0 radical (unpaired) electrons. The molecule has 2 aromatic rings. The Labute approximate surface area is 178 Å². The quantitative estimate of drug-likeness (QED) is 0.225. The van der Waals surface area contributed by atoms with Gasteiger partial charge in [0.05, 0.1) is 0 Å². The van der Waals surface area contributed by atoms with Gasteiger partial charge >= 0.3 is 0 Å². The van der Waals surface area contributed by atoms with Crippen LogP contribution >= 0.6 is 11.6 Å². The number of carbonyl (C=O) groups is 1. The molecule has 3 nitrogen and oxygen atoms in total. The first-order chi connectivity index (χ1) is 13.9. The van der Waals surface area contributed by atoms with Crippen molar-refractivity contribution >= 4 is 34.9 Å². The lowest BCUT2D eigenvalue weighted by molar-refractivity contribution is -0.112. The van der Waals surface area contributed by atoms with Crippen LogP contribution in [0, 0.1) is 11.3 Å². The van der Waals surface area contributed by atoms with Crippen molar-refractivity contribution in [1.29, 1.82) is 5.41 Å². The zero-order chi connectivity index (χ0) is 21.2. The molecule has 0 aliphatic rings. The second kappa shape index (κ2) is 11.2. The Bertz CT molecular complexity index is 922. The molecule has 0 aromatic heterocycles. The number of nitrogens with one attached hydrogen (secondary N) is 1. The number of carbonyl (C=O) groups excluding carboxylic acids is 1. The first-order valence-electron chi connectivity index (χ1n) is 9.64. The lowest BCUT2D eigenvalue weighted by Crippen LogP contribution is -2.12. The number of halogens is 1. The first kappa shape index (κ1) is 22.4. The molecule has 3 N–H and O–H groups in total. The minimum absolute atomic E-state index is 0.333. The molecule has 1 unspecified atom stereocenters. The molecule has 0 bridgehead atoms. The van der Waals surface area contributed by atoms with Gasteiger partial charge in [-0.3, -0.25) is 4.79 Å². The van der Waals surface area contributed by atoms with Crippen LogP contribution in [0.1, 0.15) is 37.0 Å². The number of nitrogens with two attached hydrogens (primary N) is 1. The zero-order valence-electron chi connectivity index (χ0n) is 16.9. The summed E-state index contributed by atoms with van der Waals surface area (Å²) in [5.41, 5.74) is 9.39. The van der Waals surface area contributed by atoms with Gasteiger partial charge in [-0.1, -0.05) is 73.2 Å². The smallest absolute Gasteiger partial charge is 0.249 e. The summed E-state index contributed by atoms with van der Waals surface area (Å²) >= 11 is 5.91. The summed E-state index contributed by atoms with van der Waals surface area (Å²) in [6.07, 6.45) is 11.2. The van der Waals surface area contributed by atoms with Gasteiger partial charge in [-0.15, -0.1) is 0 Å². The number of primary amides is 1. The fraction of sp³-hybridized carbons (Fsp3) is 0.200. The molecule has 0 aliphatic carbocycles. The molecule has 2 rings (SSSR count). The molecule has 2 aromatic carbocycles. The number of benzene rings is 2. The minimum atomic E-state index is -0.477. The Kier molecular flexibility index (Phi) is 8.63. The molecule has 1 amide bonds. The Hall–Kier alpha value is -2.91. The second-order valence-corrected chi connectivity index (χ2v) is 7.38. The number of aryl methyl sites for hydroxylation is 1. The maximum atomic E-state index is 11.9. The van der Waals surface area contributed by atoms with Crippen LogP contribution in [0.2, 0.25) is 5.02 Å². The van der Waals surface area contributed by atoms with Crippen molar-refractivity contribution in [1.82, 2.24) is 0 Å². The third kappa shape index (κ3) is 7.55. The summed E-state index contributed by atoms with van der Waals surface area (Å²) in [6, 6.07) is 15.0. The van der Waals surface area contributed by atoms with Gasteiger partial charge in [-0.05, 0) is 66.7 Å². The Morgan fingerprint density at radius 3 is 2.34 bits per heavy atom. The van der Waals surface area contributed by atoms with Crippen molar-refractivity contribution in [3.63, 3.8) is 0 Å². The van der Waals surface area contributed by atoms with Gasteiger partial charge in [0.25, 0.3) is 0 Å². The number of rotatable bonds is 9. The lowest BCUT2D eigenvalue weighted by Gasteiger charge is -2.07. The van der Waals surface area contributed by atoms with E-state index in [4.69, 9.17) is 22.7 Å². The highest BCUT2D eigenvalue weighted by Gasteiger charge is 2.09. The fourth-order valence-electron chi connectivity index (χ4n) is 2.87. The van der Waals surface area contributed by atoms with Crippen molar-refractivity contribution in [3.8, 4) is 0 Å². The van der Waals surface area contributed by atoms with E-state index in [9.17, 15) is 4.79 Å². The Balaban J connectivity index is 2.05. The number of hydrogen-bond acceptors (Lipinski definition) is 2. The molecule has 0 saturated heterocycles. The summed E-state index contributed by atoms with van der Waals surface area (Å²) < 4.78 is 0. The SMILES string of the molecule is C/C=C\C(C)/C=C\C(=N)CCc1ccc(/C(=C\c2ccc(Cl)cc2)C(N)=O)cc1. The van der Waals surface area contributed by atoms with Crippen LogP contribution in [0.4, 0.5) is 0 Å². The number of hydrogen-bond donors (Lipinski definition) is 2. The highest BCUT2D eigenvalue weighted by molar-refractivity contribution is 6.30. The molecule has 150 valence electrons. The minimum Gasteiger partial charge on any atom is -0.366 e. The topological polar surface area (TPSA) is 66.9 Å². The highest BCUT2D eigenvalue weighted by Crippen LogP contribution is 2.20. The van der Waals surface area contributed by atoms with E-state index in [2.05, 4.69) is 13.0 Å². The predicted octanol–water partition coefficient (Wildman–Crippen LogP) is 6.09. The molecule has 0 spiro atoms. The van der Waals surface area contributed by atoms with Gasteiger partial charge in [0.1, 0.15) is 0 Å². The zero-order valence-corrected chi connectivity index (χ0v) is 17.6. The van der Waals surface area contributed by atoms with E-state index in [1.165, 1.54) is 0 Å². The largest absolute Gasteiger partial charge is 0.366 e. The third-order valence-corrected chi connectivity index (χ3v) is 4.74. The molecule has 1 atom stereocenters. The third-order valence-electron chi connectivity index (χ3n) is 4.49. The molecule has 4 heteroatoms. The Morgan fingerprint density at radius 1 is 1.10 bits per heavy atom. The normalized spacial score (nSPS) is 13.1. The molecular weight excluding hydrogens is 380 g/mol. The summed E-state index contributed by atoms with van der Waals surface area (Å²) in [7, 11) is 0. The van der Waals surface area contributed by atoms with Crippen LogP contribution < -0.4 is 5.73 Å². The van der Waals surface area contributed by atoms with Crippen LogP contribution in [0.25, 0.3) is 11.6 Å². The van der Waals surface area contributed by atoms with Crippen LogP contribution in [-0.4, -0.2) is 11.6 Å². The van der Waals surface area contributed by atoms with Crippen molar-refractivity contribution in [2.75, 3.05) is 0 Å². The van der Waals surface area contributed by atoms with Gasteiger partial charge < -0.3 is 11.1 Å². The summed E-state index contributed by atoms with van der Waals surface area (Å²) in [5.74, 6) is -0.144. The lowest BCUT2D eigenvalue weighted by atomic mass is 9.99. The summed E-state index contributed by atoms with van der Waals surface area (Å²) in [6.45, 7) is 4.09. The van der Waals surface area contributed by atoms with Crippen molar-refractivity contribution in [2.45, 2.75) is 26.7 Å². The monoisotopic (exact) mass is 406 g/mol. The molecule has 0 aliphatic heterocycles. The maximum absolute atomic E-state index is 11.9. The van der Waals surface area contributed by atoms with Crippen molar-refractivity contribution in [2.24, 2.45) is 11.7 Å². The van der Waals surface area contributed by atoms with E-state index in [1.807, 2.05) is 61.5 Å². The first-order valence-corrected chi connectivity index (χ1v) is 10.0. The van der Waals surface area contributed by atoms with Gasteiger partial charge in [0.15, 0.2) is 0 Å². The molecule has 29 heavy (non-hydrogen) atoms. The van der Waals surface area contributed by atoms with Crippen molar-refractivity contribution < 1.29 is 4.79 Å². The summed E-state index contributed by atoms with van der Waals surface area (Å²) in [4.78, 5) is 11.9. The van der Waals surface area contributed by atoms with E-state index in [-0.39, 0.29) is 0 Å². The van der Waals surface area contributed by atoms with Crippen LogP contribution in [-0.2, 0) is 11.2 Å². The van der Waals surface area contributed by atoms with Crippen LogP contribution in [0.5, 0.6) is 0 Å². The van der Waals surface area contributed by atoms with Gasteiger partial charge in [-0.2, -0.15) is 0 Å². The van der Waals surface area contributed by atoms with E-state index >= 15 is 0 Å². The average molecular weight is 407 g/mol. The van der Waals surface area contributed by atoms with E-state index in [1.54, 1.807) is 18.2 Å². The molecule has 0 fully saturated rings. The van der Waals surface area contributed by atoms with Gasteiger partial charge in [0, 0.05) is 16.3 Å². The van der Waals surface area contributed by atoms with Gasteiger partial charge in [0.2, 0.25) is 5.91 Å². The van der Waals surface area contributed by atoms with E-state index in [0.29, 0.717) is 28.6 Å². The molecule has 0 heterocycles. The standard InChI is InChI=1S/C25H27ClN2O/c1-3-4-18(2)5-15-23(27)16-10-19-6-11-21(12-7-19)24(25(28)29)17-20-8-13-22(26)14-9-20/h3-9,11-15,17-18,27H,10,16H2,1-2H3,(H2,28,29)/b4-3-,15-5-,24-17+,27-23?. The van der Waals surface area contributed by atoms with E-state index < -0.39 is 5.91 Å². The summed E-state index contributed by atoms with van der Waals surface area (Å²) in [5, 5.41) is 8.72. The van der Waals surface area contributed by atoms with Crippen LogP contribution in [0.3, 0.4) is 0 Å². The van der Waals surface area contributed by atoms with Crippen LogP contribution in [0.15, 0.2) is 72.8 Å². The molecule has 0 saturated carbocycles. The number of amides is 1. The predicted molar refractivity (Wildman–Crippen MR) is 124 cm³/mol.